The first kappa shape index (κ1) is 16.7. The third kappa shape index (κ3) is 3.84. The maximum absolute atomic E-state index is 13.2. The minimum absolute atomic E-state index is 0.239. The molecule has 0 heterocycles. The summed E-state index contributed by atoms with van der Waals surface area (Å²) in [6.45, 7) is 1.38. The van der Waals surface area contributed by atoms with Gasteiger partial charge in [-0.3, -0.25) is 0 Å². The standard InChI is InChI=1S/C12H12F7N/c1-6-3-7(5-8(13)4-6)9(20-2)10(11(14,15)16)12(17,18)19/h3-5,9-10,20H,1-2H3. The fourth-order valence-electron chi connectivity index (χ4n) is 2.03. The van der Waals surface area contributed by atoms with Crippen LogP contribution in [0.15, 0.2) is 18.2 Å². The van der Waals surface area contributed by atoms with E-state index >= 15 is 0 Å². The predicted octanol–water partition coefficient (Wildman–Crippen LogP) is 4.14. The van der Waals surface area contributed by atoms with Crippen LogP contribution >= 0.6 is 0 Å². The van der Waals surface area contributed by atoms with Crippen molar-refractivity contribution in [3.05, 3.63) is 35.1 Å². The summed E-state index contributed by atoms with van der Waals surface area (Å²) in [6, 6.07) is 0.671. The highest BCUT2D eigenvalue weighted by atomic mass is 19.4. The van der Waals surface area contributed by atoms with Crippen LogP contribution in [-0.2, 0) is 0 Å². The van der Waals surface area contributed by atoms with Crippen LogP contribution in [-0.4, -0.2) is 19.4 Å². The zero-order chi connectivity index (χ0) is 15.7. The van der Waals surface area contributed by atoms with Crippen molar-refractivity contribution in [1.29, 1.82) is 0 Å². The van der Waals surface area contributed by atoms with Gasteiger partial charge in [-0.25, -0.2) is 4.39 Å². The number of aryl methyl sites for hydroxylation is 1. The van der Waals surface area contributed by atoms with Crippen molar-refractivity contribution in [1.82, 2.24) is 5.32 Å². The summed E-state index contributed by atoms with van der Waals surface area (Å²) in [7, 11) is 0.968. The Morgan fingerprint density at radius 2 is 1.45 bits per heavy atom. The maximum Gasteiger partial charge on any atom is 0.402 e. The van der Waals surface area contributed by atoms with E-state index < -0.39 is 35.7 Å². The van der Waals surface area contributed by atoms with Gasteiger partial charge in [0.2, 0.25) is 0 Å². The molecule has 0 spiro atoms. The summed E-state index contributed by atoms with van der Waals surface area (Å²) in [5, 5.41) is 1.98. The second-order valence-corrected chi connectivity index (χ2v) is 4.39. The molecule has 0 radical (unpaired) electrons. The molecular weight excluding hydrogens is 291 g/mol. The van der Waals surface area contributed by atoms with Crippen LogP contribution in [0.1, 0.15) is 17.2 Å². The number of alkyl halides is 6. The first-order valence-electron chi connectivity index (χ1n) is 5.54. The average molecular weight is 303 g/mol. The van der Waals surface area contributed by atoms with Gasteiger partial charge in [-0.2, -0.15) is 26.3 Å². The Hall–Kier alpha value is -1.31. The molecule has 0 aliphatic rings. The van der Waals surface area contributed by atoms with Crippen LogP contribution in [0, 0.1) is 18.7 Å². The summed E-state index contributed by atoms with van der Waals surface area (Å²) in [5.41, 5.74) is -0.159. The molecule has 0 bridgehead atoms. The van der Waals surface area contributed by atoms with E-state index in [1.54, 1.807) is 0 Å². The molecule has 0 saturated carbocycles. The second kappa shape index (κ2) is 5.59. The summed E-state index contributed by atoms with van der Waals surface area (Å²) in [6.07, 6.45) is -11.0. The van der Waals surface area contributed by atoms with Gasteiger partial charge in [0.15, 0.2) is 5.92 Å². The van der Waals surface area contributed by atoms with Crippen molar-refractivity contribution < 1.29 is 30.7 Å². The SMILES string of the molecule is CNC(c1cc(C)cc(F)c1)C(C(F)(F)F)C(F)(F)F. The number of halogens is 7. The van der Waals surface area contributed by atoms with Gasteiger partial charge in [0.25, 0.3) is 0 Å². The quantitative estimate of drug-likeness (QED) is 0.828. The first-order chi connectivity index (χ1) is 8.96. The molecule has 1 nitrogen and oxygen atoms in total. The van der Waals surface area contributed by atoms with Crippen LogP contribution < -0.4 is 5.32 Å². The van der Waals surface area contributed by atoms with E-state index in [1.807, 2.05) is 5.32 Å². The number of hydrogen-bond donors (Lipinski definition) is 1. The van der Waals surface area contributed by atoms with Gasteiger partial charge >= 0.3 is 12.4 Å². The molecule has 1 N–H and O–H groups in total. The highest BCUT2D eigenvalue weighted by Gasteiger charge is 2.60. The molecular formula is C12H12F7N. The van der Waals surface area contributed by atoms with Crippen LogP contribution in [0.5, 0.6) is 0 Å². The van der Waals surface area contributed by atoms with Crippen molar-refractivity contribution in [2.24, 2.45) is 5.92 Å². The second-order valence-electron chi connectivity index (χ2n) is 4.39. The number of nitrogens with one attached hydrogen (secondary N) is 1. The predicted molar refractivity (Wildman–Crippen MR) is 58.5 cm³/mol. The molecule has 0 fully saturated rings. The van der Waals surface area contributed by atoms with E-state index in [0.29, 0.717) is 6.07 Å². The molecule has 1 aromatic rings. The van der Waals surface area contributed by atoms with E-state index in [0.717, 1.165) is 19.2 Å². The van der Waals surface area contributed by atoms with Crippen molar-refractivity contribution in [3.8, 4) is 0 Å². The lowest BCUT2D eigenvalue weighted by Gasteiger charge is -2.31. The van der Waals surface area contributed by atoms with Gasteiger partial charge in [-0.1, -0.05) is 6.07 Å². The smallest absolute Gasteiger partial charge is 0.312 e. The molecule has 114 valence electrons. The monoisotopic (exact) mass is 303 g/mol. The molecule has 8 heteroatoms. The first-order valence-corrected chi connectivity index (χ1v) is 5.54. The lowest BCUT2D eigenvalue weighted by atomic mass is 9.91. The Bertz CT molecular complexity index is 430. The van der Waals surface area contributed by atoms with Crippen molar-refractivity contribution in [2.45, 2.75) is 25.3 Å². The third-order valence-corrected chi connectivity index (χ3v) is 2.77. The van der Waals surface area contributed by atoms with Gasteiger partial charge in [-0.15, -0.1) is 0 Å². The highest BCUT2D eigenvalue weighted by Crippen LogP contribution is 2.46. The summed E-state index contributed by atoms with van der Waals surface area (Å²) >= 11 is 0. The topological polar surface area (TPSA) is 12.0 Å². The molecule has 1 rings (SSSR count). The van der Waals surface area contributed by atoms with Gasteiger partial charge in [0, 0.05) is 0 Å². The Labute approximate surface area is 110 Å². The van der Waals surface area contributed by atoms with Crippen LogP contribution in [0.3, 0.4) is 0 Å². The van der Waals surface area contributed by atoms with Crippen molar-refractivity contribution in [2.75, 3.05) is 7.05 Å². The number of hydrogen-bond acceptors (Lipinski definition) is 1. The molecule has 0 saturated heterocycles. The van der Waals surface area contributed by atoms with Gasteiger partial charge < -0.3 is 5.32 Å². The van der Waals surface area contributed by atoms with Crippen LogP contribution in [0.2, 0.25) is 0 Å². The zero-order valence-corrected chi connectivity index (χ0v) is 10.5. The summed E-state index contributed by atoms with van der Waals surface area (Å²) in [5.74, 6) is -4.50. The lowest BCUT2D eigenvalue weighted by Crippen LogP contribution is -2.45. The Morgan fingerprint density at radius 3 is 1.80 bits per heavy atom. The van der Waals surface area contributed by atoms with E-state index in [1.165, 1.54) is 6.92 Å². The number of rotatable bonds is 3. The van der Waals surface area contributed by atoms with Gasteiger partial charge in [0.05, 0.1) is 6.04 Å². The summed E-state index contributed by atoms with van der Waals surface area (Å²) < 4.78 is 89.3. The third-order valence-electron chi connectivity index (χ3n) is 2.77. The fourth-order valence-corrected chi connectivity index (χ4v) is 2.03. The molecule has 20 heavy (non-hydrogen) atoms. The van der Waals surface area contributed by atoms with Crippen molar-refractivity contribution in [3.63, 3.8) is 0 Å². The molecule has 0 amide bonds. The zero-order valence-electron chi connectivity index (χ0n) is 10.5. The van der Waals surface area contributed by atoms with E-state index in [4.69, 9.17) is 0 Å². The van der Waals surface area contributed by atoms with Crippen LogP contribution in [0.25, 0.3) is 0 Å². The average Bonchev–Trinajstić information content (AvgIpc) is 2.20. The molecule has 1 atom stereocenters. The van der Waals surface area contributed by atoms with Gasteiger partial charge in [0.1, 0.15) is 5.82 Å². The Kier molecular flexibility index (Phi) is 4.68. The molecule has 0 aliphatic carbocycles. The van der Waals surface area contributed by atoms with E-state index in [2.05, 4.69) is 0 Å². The fraction of sp³-hybridized carbons (Fsp3) is 0.500. The highest BCUT2D eigenvalue weighted by molar-refractivity contribution is 5.27. The Balaban J connectivity index is 3.34. The minimum atomic E-state index is -5.49. The maximum atomic E-state index is 13.2. The van der Waals surface area contributed by atoms with Gasteiger partial charge in [-0.05, 0) is 37.2 Å². The van der Waals surface area contributed by atoms with E-state index in [-0.39, 0.29) is 5.56 Å². The largest absolute Gasteiger partial charge is 0.402 e. The van der Waals surface area contributed by atoms with E-state index in [9.17, 15) is 30.7 Å². The van der Waals surface area contributed by atoms with Crippen LogP contribution in [0.4, 0.5) is 30.7 Å². The minimum Gasteiger partial charge on any atom is -0.312 e. The molecule has 0 aromatic heterocycles. The molecule has 0 aliphatic heterocycles. The summed E-state index contributed by atoms with van der Waals surface area (Å²) in [4.78, 5) is 0. The normalized spacial score (nSPS) is 14.7. The molecule has 1 aromatic carbocycles. The lowest BCUT2D eigenvalue weighted by molar-refractivity contribution is -0.292. The number of benzene rings is 1. The molecule has 1 unspecified atom stereocenters. The van der Waals surface area contributed by atoms with Crippen molar-refractivity contribution >= 4 is 0 Å². The Morgan fingerprint density at radius 1 is 0.950 bits per heavy atom.